The number of fused-ring (bicyclic) bond motifs is 1. The van der Waals surface area contributed by atoms with Crippen LogP contribution < -0.4 is 5.32 Å². The molecule has 1 N–H and O–H groups in total. The van der Waals surface area contributed by atoms with E-state index in [1.54, 1.807) is 18.0 Å². The third kappa shape index (κ3) is 4.38. The van der Waals surface area contributed by atoms with Crippen LogP contribution in [0.2, 0.25) is 0 Å². The molecule has 0 radical (unpaired) electrons. The van der Waals surface area contributed by atoms with Gasteiger partial charge < -0.3 is 5.32 Å². The fourth-order valence-corrected chi connectivity index (χ4v) is 3.69. The zero-order valence-corrected chi connectivity index (χ0v) is 15.5. The molecule has 0 aliphatic carbocycles. The zero-order valence-electron chi connectivity index (χ0n) is 14.7. The first-order valence-electron chi connectivity index (χ1n) is 8.75. The van der Waals surface area contributed by atoms with E-state index in [-0.39, 0.29) is 5.91 Å². The summed E-state index contributed by atoms with van der Waals surface area (Å²) in [5.41, 5.74) is 1.86. The van der Waals surface area contributed by atoms with Crippen molar-refractivity contribution in [1.82, 2.24) is 9.78 Å². The number of benzene rings is 3. The van der Waals surface area contributed by atoms with Crippen molar-refractivity contribution in [2.75, 3.05) is 11.1 Å². The van der Waals surface area contributed by atoms with E-state index >= 15 is 0 Å². The third-order valence-corrected chi connectivity index (χ3v) is 5.27. The van der Waals surface area contributed by atoms with Crippen molar-refractivity contribution in [1.29, 1.82) is 0 Å². The van der Waals surface area contributed by atoms with Crippen molar-refractivity contribution >= 4 is 34.1 Å². The first-order valence-corrected chi connectivity index (χ1v) is 9.73. The van der Waals surface area contributed by atoms with Gasteiger partial charge in [-0.15, -0.1) is 11.8 Å². The molecule has 0 fully saturated rings. The highest BCUT2D eigenvalue weighted by molar-refractivity contribution is 8.00. The highest BCUT2D eigenvalue weighted by atomic mass is 32.2. The molecule has 1 heterocycles. The Balaban J connectivity index is 1.40. The van der Waals surface area contributed by atoms with Gasteiger partial charge in [-0.05, 0) is 40.6 Å². The summed E-state index contributed by atoms with van der Waals surface area (Å²) < 4.78 is 1.84. The van der Waals surface area contributed by atoms with Gasteiger partial charge in [-0.2, -0.15) is 5.10 Å². The fraction of sp³-hybridized carbons (Fsp3) is 0.0909. The highest BCUT2D eigenvalue weighted by Crippen LogP contribution is 2.24. The minimum absolute atomic E-state index is 0.0129. The first-order chi connectivity index (χ1) is 13.3. The fourth-order valence-electron chi connectivity index (χ4n) is 2.94. The molecule has 0 saturated heterocycles. The van der Waals surface area contributed by atoms with Crippen LogP contribution in [0.15, 0.2) is 90.1 Å². The van der Waals surface area contributed by atoms with Crippen molar-refractivity contribution in [2.45, 2.75) is 11.4 Å². The van der Waals surface area contributed by atoms with Gasteiger partial charge in [0.1, 0.15) is 0 Å². The molecule has 4 nitrogen and oxygen atoms in total. The van der Waals surface area contributed by atoms with Gasteiger partial charge in [0.05, 0.1) is 12.3 Å². The number of hydrogen-bond donors (Lipinski definition) is 1. The summed E-state index contributed by atoms with van der Waals surface area (Å²) in [4.78, 5) is 13.5. The molecule has 134 valence electrons. The summed E-state index contributed by atoms with van der Waals surface area (Å²) in [6, 6.07) is 24.2. The molecule has 0 unspecified atom stereocenters. The minimum Gasteiger partial charge on any atom is -0.325 e. The van der Waals surface area contributed by atoms with Gasteiger partial charge in [-0.3, -0.25) is 9.48 Å². The predicted molar refractivity (Wildman–Crippen MR) is 111 cm³/mol. The lowest BCUT2D eigenvalue weighted by Crippen LogP contribution is -2.16. The van der Waals surface area contributed by atoms with Crippen molar-refractivity contribution in [3.8, 4) is 0 Å². The van der Waals surface area contributed by atoms with Crippen LogP contribution in [-0.4, -0.2) is 21.4 Å². The average molecular weight is 373 g/mol. The maximum Gasteiger partial charge on any atom is 0.234 e. The normalized spacial score (nSPS) is 10.8. The first kappa shape index (κ1) is 17.4. The number of aromatic nitrogens is 2. The van der Waals surface area contributed by atoms with Gasteiger partial charge in [-0.25, -0.2) is 0 Å². The molecule has 0 aliphatic rings. The predicted octanol–water partition coefficient (Wildman–Crippen LogP) is 4.82. The van der Waals surface area contributed by atoms with Gasteiger partial charge in [0, 0.05) is 23.0 Å². The Hall–Kier alpha value is -3.05. The van der Waals surface area contributed by atoms with E-state index in [1.807, 2.05) is 53.3 Å². The summed E-state index contributed by atoms with van der Waals surface area (Å²) in [6.45, 7) is 0.626. The van der Waals surface area contributed by atoms with Gasteiger partial charge in [0.15, 0.2) is 0 Å². The van der Waals surface area contributed by atoms with Gasteiger partial charge in [-0.1, -0.05) is 48.5 Å². The molecule has 0 aliphatic heterocycles. The van der Waals surface area contributed by atoms with E-state index in [0.29, 0.717) is 12.3 Å². The number of rotatable bonds is 6. The summed E-state index contributed by atoms with van der Waals surface area (Å²) >= 11 is 1.54. The molecule has 4 aromatic rings. The molecule has 5 heteroatoms. The Morgan fingerprint density at radius 3 is 2.63 bits per heavy atom. The minimum atomic E-state index is -0.0129. The molecule has 0 saturated carbocycles. The van der Waals surface area contributed by atoms with E-state index in [1.165, 1.54) is 10.8 Å². The smallest absolute Gasteiger partial charge is 0.234 e. The number of anilines is 1. The monoisotopic (exact) mass is 373 g/mol. The second-order valence-corrected chi connectivity index (χ2v) is 7.26. The molecule has 4 rings (SSSR count). The lowest BCUT2D eigenvalue weighted by molar-refractivity contribution is -0.113. The maximum absolute atomic E-state index is 12.4. The van der Waals surface area contributed by atoms with Crippen LogP contribution in [0.3, 0.4) is 0 Å². The van der Waals surface area contributed by atoms with Crippen molar-refractivity contribution in [3.63, 3.8) is 0 Å². The molecule has 0 bridgehead atoms. The number of thioether (sulfide) groups is 1. The van der Waals surface area contributed by atoms with Gasteiger partial charge in [0.2, 0.25) is 5.91 Å². The van der Waals surface area contributed by atoms with Gasteiger partial charge in [0.25, 0.3) is 0 Å². The Bertz CT molecular complexity index is 1060. The third-order valence-electron chi connectivity index (χ3n) is 4.27. The molecular weight excluding hydrogens is 354 g/mol. The van der Waals surface area contributed by atoms with Crippen LogP contribution in [0.5, 0.6) is 0 Å². The van der Waals surface area contributed by atoms with Crippen LogP contribution in [0.25, 0.3) is 10.8 Å². The maximum atomic E-state index is 12.4. The van der Waals surface area contributed by atoms with Crippen molar-refractivity contribution in [3.05, 3.63) is 90.8 Å². The van der Waals surface area contributed by atoms with Crippen LogP contribution in [0.1, 0.15) is 5.56 Å². The summed E-state index contributed by atoms with van der Waals surface area (Å²) in [5, 5.41) is 9.66. The number of para-hydroxylation sites is 1. The van der Waals surface area contributed by atoms with Gasteiger partial charge >= 0.3 is 0 Å². The summed E-state index contributed by atoms with van der Waals surface area (Å²) in [7, 11) is 0. The van der Waals surface area contributed by atoms with E-state index in [2.05, 4.69) is 40.7 Å². The second kappa shape index (κ2) is 8.10. The Labute approximate surface area is 162 Å². The Morgan fingerprint density at radius 2 is 1.78 bits per heavy atom. The van der Waals surface area contributed by atoms with E-state index in [4.69, 9.17) is 0 Å². The van der Waals surface area contributed by atoms with E-state index < -0.39 is 0 Å². The second-order valence-electron chi connectivity index (χ2n) is 6.21. The number of carbonyl (C=O) groups is 1. The molecule has 1 aromatic heterocycles. The Kier molecular flexibility index (Phi) is 5.21. The van der Waals surface area contributed by atoms with Crippen LogP contribution >= 0.6 is 11.8 Å². The topological polar surface area (TPSA) is 46.9 Å². The number of hydrogen-bond acceptors (Lipinski definition) is 3. The zero-order chi connectivity index (χ0) is 18.5. The number of carbonyl (C=O) groups excluding carboxylic acids is 1. The number of nitrogens with zero attached hydrogens (tertiary/aromatic N) is 2. The van der Waals surface area contributed by atoms with E-state index in [0.717, 1.165) is 16.1 Å². The number of amides is 1. The molecule has 27 heavy (non-hydrogen) atoms. The lowest BCUT2D eigenvalue weighted by Gasteiger charge is -2.11. The number of nitrogens with one attached hydrogen (secondary N) is 1. The SMILES string of the molecule is O=C(CSc1ccc2ccccc2c1)Nc1ccccc1Cn1cccn1. The van der Waals surface area contributed by atoms with Crippen LogP contribution in [0.4, 0.5) is 5.69 Å². The average Bonchev–Trinajstić information content (AvgIpc) is 3.21. The Morgan fingerprint density at radius 1 is 0.963 bits per heavy atom. The molecule has 1 amide bonds. The van der Waals surface area contributed by atoms with Crippen molar-refractivity contribution < 1.29 is 4.79 Å². The van der Waals surface area contributed by atoms with Crippen LogP contribution in [-0.2, 0) is 11.3 Å². The molecule has 0 spiro atoms. The molecule has 3 aromatic carbocycles. The molecule has 0 atom stereocenters. The van der Waals surface area contributed by atoms with Crippen LogP contribution in [0, 0.1) is 0 Å². The molecular formula is C22H19N3OS. The standard InChI is InChI=1S/C22H19N3OS/c26-22(16-27-20-11-10-17-6-1-2-7-18(17)14-20)24-21-9-4-3-8-19(21)15-25-13-5-12-23-25/h1-14H,15-16H2,(H,24,26). The largest absolute Gasteiger partial charge is 0.325 e. The van der Waals surface area contributed by atoms with E-state index in [9.17, 15) is 4.79 Å². The quantitative estimate of drug-likeness (QED) is 0.493. The summed E-state index contributed by atoms with van der Waals surface area (Å²) in [5.74, 6) is 0.357. The summed E-state index contributed by atoms with van der Waals surface area (Å²) in [6.07, 6.45) is 3.66. The highest BCUT2D eigenvalue weighted by Gasteiger charge is 2.08. The van der Waals surface area contributed by atoms with Crippen molar-refractivity contribution in [2.24, 2.45) is 0 Å². The lowest BCUT2D eigenvalue weighted by atomic mass is 10.1.